The van der Waals surface area contributed by atoms with Crippen LogP contribution in [0.4, 0.5) is 0 Å². The molecule has 210 valence electrons. The molecule has 2 heterocycles. The molecule has 4 rings (SSSR count). The van der Waals surface area contributed by atoms with Gasteiger partial charge in [-0.2, -0.15) is 0 Å². The number of carbonyl (C=O) groups is 2. The average Bonchev–Trinajstić information content (AvgIpc) is 3.00. The summed E-state index contributed by atoms with van der Waals surface area (Å²) in [4.78, 5) is 32.5. The molecule has 4 N–H and O–H groups in total. The van der Waals surface area contributed by atoms with Gasteiger partial charge >= 0.3 is 5.97 Å². The Kier molecular flexibility index (Phi) is 10.3. The van der Waals surface area contributed by atoms with Gasteiger partial charge < -0.3 is 20.7 Å². The Labute approximate surface area is 236 Å². The highest BCUT2D eigenvalue weighted by atomic mass is 16.5. The summed E-state index contributed by atoms with van der Waals surface area (Å²) in [5.41, 5.74) is 9.31. The normalized spacial score (nSPS) is 15.2. The summed E-state index contributed by atoms with van der Waals surface area (Å²) in [7, 11) is 1.41. The lowest BCUT2D eigenvalue weighted by Gasteiger charge is -2.33. The van der Waals surface area contributed by atoms with Crippen molar-refractivity contribution < 1.29 is 14.3 Å². The summed E-state index contributed by atoms with van der Waals surface area (Å²) in [6, 6.07) is 21.0. The highest BCUT2D eigenvalue weighted by Crippen LogP contribution is 2.27. The number of carbonyl (C=O) groups excluding carboxylic acids is 2. The van der Waals surface area contributed by atoms with E-state index in [1.54, 1.807) is 12.4 Å². The fraction of sp³-hybridized carbons (Fsp3) is 0.375. The van der Waals surface area contributed by atoms with Gasteiger partial charge in [-0.05, 0) is 79.3 Å². The van der Waals surface area contributed by atoms with Gasteiger partial charge in [0.25, 0.3) is 5.91 Å². The number of ether oxygens (including phenoxy) is 1. The van der Waals surface area contributed by atoms with E-state index in [0.717, 1.165) is 55.5 Å². The Morgan fingerprint density at radius 1 is 1.02 bits per heavy atom. The van der Waals surface area contributed by atoms with Crippen molar-refractivity contribution in [1.29, 1.82) is 5.41 Å². The lowest BCUT2D eigenvalue weighted by Crippen LogP contribution is -2.45. The van der Waals surface area contributed by atoms with E-state index in [-0.39, 0.29) is 23.9 Å². The van der Waals surface area contributed by atoms with Gasteiger partial charge in [0.05, 0.1) is 13.0 Å². The first-order valence-corrected chi connectivity index (χ1v) is 14.0. The smallest absolute Gasteiger partial charge is 0.310 e. The maximum absolute atomic E-state index is 13.4. The third kappa shape index (κ3) is 7.91. The SMILES string of the molecule is COC(=O)[C@H](CCC1CCN(C(=N)N)CC1)C(CCc1ccccc1)NC(=O)c1ccc(-c2cccnc2)cc1. The fourth-order valence-corrected chi connectivity index (χ4v) is 5.45. The average molecular weight is 542 g/mol. The highest BCUT2D eigenvalue weighted by molar-refractivity contribution is 5.95. The van der Waals surface area contributed by atoms with E-state index in [1.807, 2.05) is 59.5 Å². The van der Waals surface area contributed by atoms with Crippen LogP contribution < -0.4 is 11.1 Å². The zero-order valence-electron chi connectivity index (χ0n) is 23.1. The predicted molar refractivity (Wildman–Crippen MR) is 157 cm³/mol. The Bertz CT molecular complexity index is 1240. The van der Waals surface area contributed by atoms with Crippen LogP contribution in [0.3, 0.4) is 0 Å². The zero-order chi connectivity index (χ0) is 28.3. The van der Waals surface area contributed by atoms with Crippen molar-refractivity contribution in [2.45, 2.75) is 44.6 Å². The number of benzene rings is 2. The fourth-order valence-electron chi connectivity index (χ4n) is 5.45. The maximum Gasteiger partial charge on any atom is 0.310 e. The standard InChI is InChI=1S/C32H39N5O3/c1-40-31(39)28(15-9-24-17-20-37(21-18-24)32(33)34)29(16-10-23-6-3-2-4-7-23)36-30(38)26-13-11-25(12-14-26)27-8-5-19-35-22-27/h2-8,11-14,19,22,24,28-29H,9-10,15-18,20-21H2,1H3,(H3,33,34)(H,36,38)/t28-,29?/m1/s1. The summed E-state index contributed by atoms with van der Waals surface area (Å²) in [6.07, 6.45) is 8.20. The molecule has 40 heavy (non-hydrogen) atoms. The molecule has 2 atom stereocenters. The first kappa shape index (κ1) is 28.8. The van der Waals surface area contributed by atoms with E-state index >= 15 is 0 Å². The molecule has 8 nitrogen and oxygen atoms in total. The van der Waals surface area contributed by atoms with Crippen LogP contribution in [0.15, 0.2) is 79.1 Å². The van der Waals surface area contributed by atoms with E-state index in [9.17, 15) is 9.59 Å². The number of rotatable bonds is 11. The van der Waals surface area contributed by atoms with Crippen LogP contribution in [0.1, 0.15) is 48.0 Å². The molecular formula is C32H39N5O3. The minimum absolute atomic E-state index is 0.114. The number of likely N-dealkylation sites (tertiary alicyclic amines) is 1. The van der Waals surface area contributed by atoms with E-state index in [2.05, 4.69) is 22.4 Å². The number of hydrogen-bond acceptors (Lipinski definition) is 5. The van der Waals surface area contributed by atoms with Gasteiger partial charge in [-0.25, -0.2) is 0 Å². The number of methoxy groups -OCH3 is 1. The van der Waals surface area contributed by atoms with Crippen LogP contribution in [0.25, 0.3) is 11.1 Å². The second-order valence-corrected chi connectivity index (χ2v) is 10.4. The predicted octanol–water partition coefficient (Wildman–Crippen LogP) is 4.65. The van der Waals surface area contributed by atoms with Gasteiger partial charge in [0.15, 0.2) is 5.96 Å². The quantitative estimate of drug-likeness (QED) is 0.185. The third-order valence-electron chi connectivity index (χ3n) is 7.88. The molecule has 1 saturated heterocycles. The Morgan fingerprint density at radius 2 is 1.75 bits per heavy atom. The number of nitrogens with two attached hydrogens (primary N) is 1. The third-order valence-corrected chi connectivity index (χ3v) is 7.88. The van der Waals surface area contributed by atoms with Crippen LogP contribution in [0.2, 0.25) is 0 Å². The number of pyridine rings is 1. The van der Waals surface area contributed by atoms with E-state index in [1.165, 1.54) is 7.11 Å². The number of nitrogens with one attached hydrogen (secondary N) is 2. The summed E-state index contributed by atoms with van der Waals surface area (Å²) < 4.78 is 5.24. The molecule has 1 aliphatic heterocycles. The number of piperidine rings is 1. The number of guanidine groups is 1. The zero-order valence-corrected chi connectivity index (χ0v) is 23.1. The summed E-state index contributed by atoms with van der Waals surface area (Å²) in [6.45, 7) is 1.51. The molecule has 0 bridgehead atoms. The Balaban J connectivity index is 1.47. The second-order valence-electron chi connectivity index (χ2n) is 10.4. The number of nitrogens with zero attached hydrogens (tertiary/aromatic N) is 2. The molecule has 0 aliphatic carbocycles. The van der Waals surface area contributed by atoms with Crippen LogP contribution in [-0.2, 0) is 16.0 Å². The minimum Gasteiger partial charge on any atom is -0.469 e. The molecule has 2 aromatic carbocycles. The monoisotopic (exact) mass is 541 g/mol. The van der Waals surface area contributed by atoms with Crippen molar-refractivity contribution in [3.05, 3.63) is 90.3 Å². The first-order valence-electron chi connectivity index (χ1n) is 14.0. The number of aryl methyl sites for hydroxylation is 1. The van der Waals surface area contributed by atoms with Gasteiger partial charge in [-0.15, -0.1) is 0 Å². The summed E-state index contributed by atoms with van der Waals surface area (Å²) in [5, 5.41) is 10.9. The summed E-state index contributed by atoms with van der Waals surface area (Å²) >= 11 is 0. The van der Waals surface area contributed by atoms with Crippen molar-refractivity contribution in [2.24, 2.45) is 17.6 Å². The Morgan fingerprint density at radius 3 is 2.38 bits per heavy atom. The van der Waals surface area contributed by atoms with Crippen LogP contribution in [-0.4, -0.2) is 54.0 Å². The number of hydrogen-bond donors (Lipinski definition) is 3. The number of esters is 1. The molecule has 1 unspecified atom stereocenters. The molecule has 3 aromatic rings. The van der Waals surface area contributed by atoms with Gasteiger partial charge in [-0.3, -0.25) is 20.0 Å². The summed E-state index contributed by atoms with van der Waals surface area (Å²) in [5.74, 6) is -0.416. The van der Waals surface area contributed by atoms with Crippen molar-refractivity contribution in [2.75, 3.05) is 20.2 Å². The molecule has 1 amide bonds. The van der Waals surface area contributed by atoms with Gasteiger partial charge in [0.1, 0.15) is 0 Å². The molecule has 0 spiro atoms. The lowest BCUT2D eigenvalue weighted by atomic mass is 9.84. The molecule has 1 fully saturated rings. The number of amides is 1. The van der Waals surface area contributed by atoms with E-state index in [4.69, 9.17) is 15.9 Å². The molecule has 1 aromatic heterocycles. The topological polar surface area (TPSA) is 121 Å². The second kappa shape index (κ2) is 14.3. The van der Waals surface area contributed by atoms with Gasteiger partial charge in [-0.1, -0.05) is 48.5 Å². The van der Waals surface area contributed by atoms with Crippen LogP contribution >= 0.6 is 0 Å². The van der Waals surface area contributed by atoms with Crippen molar-refractivity contribution in [3.8, 4) is 11.1 Å². The maximum atomic E-state index is 13.4. The first-order chi connectivity index (χ1) is 19.4. The largest absolute Gasteiger partial charge is 0.469 e. The minimum atomic E-state index is -0.460. The highest BCUT2D eigenvalue weighted by Gasteiger charge is 2.32. The van der Waals surface area contributed by atoms with Gasteiger partial charge in [0, 0.05) is 37.1 Å². The van der Waals surface area contributed by atoms with E-state index < -0.39 is 5.92 Å². The Hall–Kier alpha value is -4.20. The number of aromatic nitrogens is 1. The van der Waals surface area contributed by atoms with Crippen molar-refractivity contribution in [3.63, 3.8) is 0 Å². The van der Waals surface area contributed by atoms with Crippen molar-refractivity contribution >= 4 is 17.8 Å². The van der Waals surface area contributed by atoms with Crippen molar-refractivity contribution in [1.82, 2.24) is 15.2 Å². The lowest BCUT2D eigenvalue weighted by molar-refractivity contribution is -0.146. The molecule has 0 saturated carbocycles. The van der Waals surface area contributed by atoms with Crippen LogP contribution in [0, 0.1) is 17.2 Å². The molecular weight excluding hydrogens is 502 g/mol. The van der Waals surface area contributed by atoms with Crippen LogP contribution in [0.5, 0.6) is 0 Å². The molecule has 8 heteroatoms. The molecule has 0 radical (unpaired) electrons. The van der Waals surface area contributed by atoms with Gasteiger partial charge in [0.2, 0.25) is 0 Å². The van der Waals surface area contributed by atoms with E-state index in [0.29, 0.717) is 24.3 Å². The molecule has 1 aliphatic rings.